The molecule has 2 aromatic rings. The first-order valence-corrected chi connectivity index (χ1v) is 9.75. The minimum Gasteiger partial charge on any atom is -0.477 e. The van der Waals surface area contributed by atoms with Crippen molar-refractivity contribution in [3.05, 3.63) is 40.2 Å². The van der Waals surface area contributed by atoms with Gasteiger partial charge in [-0.25, -0.2) is 4.79 Å². The van der Waals surface area contributed by atoms with E-state index >= 15 is 0 Å². The molecule has 0 unspecified atom stereocenters. The molecule has 0 spiro atoms. The molecule has 5 heteroatoms. The van der Waals surface area contributed by atoms with E-state index in [9.17, 15) is 14.7 Å². The Morgan fingerprint density at radius 2 is 1.88 bits per heavy atom. The molecule has 0 fully saturated rings. The molecule has 4 nitrogen and oxygen atoms in total. The van der Waals surface area contributed by atoms with Crippen LogP contribution >= 0.6 is 11.8 Å². The van der Waals surface area contributed by atoms with Crippen LogP contribution in [0.4, 0.5) is 0 Å². The highest BCUT2D eigenvalue weighted by Gasteiger charge is 2.14. The molecular weight excluding hydrogens is 322 g/mol. The largest absolute Gasteiger partial charge is 0.477 e. The highest BCUT2D eigenvalue weighted by molar-refractivity contribution is 7.98. The van der Waals surface area contributed by atoms with E-state index in [1.54, 1.807) is 17.8 Å². The quantitative estimate of drug-likeness (QED) is 0.524. The molecule has 0 aliphatic heterocycles. The maximum Gasteiger partial charge on any atom is 0.341 e. The summed E-state index contributed by atoms with van der Waals surface area (Å²) in [6.07, 6.45) is 10.5. The van der Waals surface area contributed by atoms with Gasteiger partial charge in [-0.2, -0.15) is 0 Å². The van der Waals surface area contributed by atoms with Gasteiger partial charge in [0.2, 0.25) is 5.43 Å². The maximum atomic E-state index is 12.4. The zero-order valence-electron chi connectivity index (χ0n) is 14.4. The fourth-order valence-electron chi connectivity index (χ4n) is 2.90. The van der Waals surface area contributed by atoms with Crippen LogP contribution in [-0.4, -0.2) is 21.9 Å². The van der Waals surface area contributed by atoms with Crippen LogP contribution in [0.2, 0.25) is 0 Å². The van der Waals surface area contributed by atoms with Crippen LogP contribution < -0.4 is 5.43 Å². The van der Waals surface area contributed by atoms with Crippen molar-refractivity contribution in [2.24, 2.45) is 0 Å². The Morgan fingerprint density at radius 1 is 1.17 bits per heavy atom. The van der Waals surface area contributed by atoms with Gasteiger partial charge >= 0.3 is 5.97 Å². The standard InChI is InChI=1S/C19H25NO3S/c1-3-4-5-6-7-8-11-20-13-16(19(22)23)18(21)15-10-9-14(24-2)12-17(15)20/h9-10,12-13H,3-8,11H2,1-2H3,(H,22,23). The molecule has 0 saturated carbocycles. The number of aromatic carboxylic acids is 1. The Balaban J connectivity index is 2.30. The van der Waals surface area contributed by atoms with Gasteiger partial charge in [0.25, 0.3) is 0 Å². The molecule has 1 N–H and O–H groups in total. The van der Waals surface area contributed by atoms with Gasteiger partial charge in [-0.3, -0.25) is 4.79 Å². The minimum absolute atomic E-state index is 0.148. The fraction of sp³-hybridized carbons (Fsp3) is 0.474. The van der Waals surface area contributed by atoms with Gasteiger partial charge in [0, 0.05) is 23.0 Å². The van der Waals surface area contributed by atoms with Crippen LogP contribution in [0.5, 0.6) is 0 Å². The summed E-state index contributed by atoms with van der Waals surface area (Å²) in [6.45, 7) is 2.93. The van der Waals surface area contributed by atoms with Gasteiger partial charge in [-0.05, 0) is 30.9 Å². The van der Waals surface area contributed by atoms with Gasteiger partial charge in [0.15, 0.2) is 0 Å². The van der Waals surface area contributed by atoms with Crippen molar-refractivity contribution >= 4 is 28.6 Å². The SMILES string of the molecule is CCCCCCCCn1cc(C(=O)O)c(=O)c2ccc(SC)cc21. The van der Waals surface area contributed by atoms with Crippen molar-refractivity contribution in [2.75, 3.05) is 6.26 Å². The second kappa shape index (κ2) is 8.92. The number of aryl methyl sites for hydroxylation is 1. The van der Waals surface area contributed by atoms with E-state index in [2.05, 4.69) is 6.92 Å². The molecule has 1 aromatic carbocycles. The van der Waals surface area contributed by atoms with Crippen LogP contribution in [0.3, 0.4) is 0 Å². The van der Waals surface area contributed by atoms with Crippen LogP contribution in [0, 0.1) is 0 Å². The van der Waals surface area contributed by atoms with E-state index in [1.807, 2.05) is 23.0 Å². The van der Waals surface area contributed by atoms with Crippen molar-refractivity contribution in [3.8, 4) is 0 Å². The van der Waals surface area contributed by atoms with Crippen molar-refractivity contribution in [2.45, 2.75) is 56.9 Å². The molecule has 0 amide bonds. The third kappa shape index (κ3) is 4.41. The molecule has 0 saturated heterocycles. The Kier molecular flexibility index (Phi) is 6.91. The third-order valence-corrected chi connectivity index (χ3v) is 5.00. The second-order valence-electron chi connectivity index (χ2n) is 6.02. The molecular formula is C19H25NO3S. The van der Waals surface area contributed by atoms with E-state index < -0.39 is 11.4 Å². The van der Waals surface area contributed by atoms with E-state index in [1.165, 1.54) is 31.9 Å². The first-order valence-electron chi connectivity index (χ1n) is 8.53. The van der Waals surface area contributed by atoms with E-state index in [0.717, 1.165) is 29.8 Å². The molecule has 24 heavy (non-hydrogen) atoms. The lowest BCUT2D eigenvalue weighted by atomic mass is 10.1. The monoisotopic (exact) mass is 347 g/mol. The number of aromatic nitrogens is 1. The zero-order chi connectivity index (χ0) is 17.5. The van der Waals surface area contributed by atoms with Gasteiger partial charge in [0.1, 0.15) is 5.56 Å². The number of thioether (sulfide) groups is 1. The Hall–Kier alpha value is -1.75. The summed E-state index contributed by atoms with van der Waals surface area (Å²) in [5, 5.41) is 9.79. The summed E-state index contributed by atoms with van der Waals surface area (Å²) < 4.78 is 1.93. The molecule has 0 aliphatic rings. The Bertz CT molecular complexity index is 767. The molecule has 1 aromatic heterocycles. The summed E-state index contributed by atoms with van der Waals surface area (Å²) in [5.41, 5.74) is 0.278. The summed E-state index contributed by atoms with van der Waals surface area (Å²) in [5.74, 6) is -1.16. The minimum atomic E-state index is -1.16. The Morgan fingerprint density at radius 3 is 2.54 bits per heavy atom. The molecule has 0 aliphatic carbocycles. The molecule has 0 radical (unpaired) electrons. The smallest absolute Gasteiger partial charge is 0.341 e. The van der Waals surface area contributed by atoms with E-state index in [0.29, 0.717) is 5.39 Å². The molecule has 0 bridgehead atoms. The van der Waals surface area contributed by atoms with E-state index in [-0.39, 0.29) is 5.56 Å². The van der Waals surface area contributed by atoms with Crippen molar-refractivity contribution < 1.29 is 9.90 Å². The Labute approximate surface area is 146 Å². The maximum absolute atomic E-state index is 12.4. The lowest BCUT2D eigenvalue weighted by Gasteiger charge is -2.13. The summed E-state index contributed by atoms with van der Waals surface area (Å²) in [7, 11) is 0. The lowest BCUT2D eigenvalue weighted by Crippen LogP contribution is -2.19. The number of nitrogens with zero attached hydrogens (tertiary/aromatic N) is 1. The third-order valence-electron chi connectivity index (χ3n) is 4.27. The average Bonchev–Trinajstić information content (AvgIpc) is 2.59. The number of rotatable bonds is 9. The molecule has 1 heterocycles. The number of unbranched alkanes of at least 4 members (excludes halogenated alkanes) is 5. The van der Waals surface area contributed by atoms with Gasteiger partial charge < -0.3 is 9.67 Å². The van der Waals surface area contributed by atoms with Gasteiger partial charge in [-0.15, -0.1) is 11.8 Å². The summed E-state index contributed by atoms with van der Waals surface area (Å²) >= 11 is 1.61. The number of carbonyl (C=O) groups is 1. The number of carboxylic acids is 1. The molecule has 2 rings (SSSR count). The zero-order valence-corrected chi connectivity index (χ0v) is 15.2. The van der Waals surface area contributed by atoms with Crippen molar-refractivity contribution in [1.29, 1.82) is 0 Å². The first kappa shape index (κ1) is 18.6. The predicted octanol–water partition coefficient (Wildman–Crippen LogP) is 4.78. The number of hydrogen-bond acceptors (Lipinski definition) is 3. The topological polar surface area (TPSA) is 59.3 Å². The summed E-state index contributed by atoms with van der Waals surface area (Å²) in [4.78, 5) is 24.8. The van der Waals surface area contributed by atoms with Crippen LogP contribution in [0.1, 0.15) is 55.8 Å². The molecule has 130 valence electrons. The fourth-order valence-corrected chi connectivity index (χ4v) is 3.33. The number of carboxylic acid groups (broad SMARTS) is 1. The first-order chi connectivity index (χ1) is 11.6. The number of benzene rings is 1. The highest BCUT2D eigenvalue weighted by Crippen LogP contribution is 2.21. The average molecular weight is 347 g/mol. The number of fused-ring (bicyclic) bond motifs is 1. The number of hydrogen-bond donors (Lipinski definition) is 1. The van der Waals surface area contributed by atoms with Crippen LogP contribution in [0.25, 0.3) is 10.9 Å². The normalized spacial score (nSPS) is 11.1. The van der Waals surface area contributed by atoms with Crippen LogP contribution in [0.15, 0.2) is 34.1 Å². The van der Waals surface area contributed by atoms with Crippen molar-refractivity contribution in [3.63, 3.8) is 0 Å². The van der Waals surface area contributed by atoms with Gasteiger partial charge in [-0.1, -0.05) is 39.0 Å². The van der Waals surface area contributed by atoms with E-state index in [4.69, 9.17) is 0 Å². The van der Waals surface area contributed by atoms with Crippen molar-refractivity contribution in [1.82, 2.24) is 4.57 Å². The van der Waals surface area contributed by atoms with Gasteiger partial charge in [0.05, 0.1) is 5.52 Å². The number of pyridine rings is 1. The second-order valence-corrected chi connectivity index (χ2v) is 6.90. The summed E-state index contributed by atoms with van der Waals surface area (Å²) in [6, 6.07) is 5.59. The lowest BCUT2D eigenvalue weighted by molar-refractivity contribution is 0.0695. The molecule has 0 atom stereocenters. The predicted molar refractivity (Wildman–Crippen MR) is 100 cm³/mol. The highest BCUT2D eigenvalue weighted by atomic mass is 32.2. The van der Waals surface area contributed by atoms with Crippen LogP contribution in [-0.2, 0) is 6.54 Å².